The van der Waals surface area contributed by atoms with Crippen molar-refractivity contribution in [3.63, 3.8) is 0 Å². The highest BCUT2D eigenvalue weighted by Gasteiger charge is 2.25. The smallest absolute Gasteiger partial charge is 0.00927 e. The van der Waals surface area contributed by atoms with Gasteiger partial charge < -0.3 is 0 Å². The molecule has 0 heteroatoms. The molecule has 0 N–H and O–H groups in total. The van der Waals surface area contributed by atoms with E-state index in [1.54, 1.807) is 0 Å². The van der Waals surface area contributed by atoms with Crippen LogP contribution in [0.3, 0.4) is 0 Å². The van der Waals surface area contributed by atoms with Crippen LogP contribution in [0.4, 0.5) is 0 Å². The van der Waals surface area contributed by atoms with Gasteiger partial charge in [0.2, 0.25) is 0 Å². The summed E-state index contributed by atoms with van der Waals surface area (Å²) in [7, 11) is 0. The van der Waals surface area contributed by atoms with Crippen molar-refractivity contribution in [2.75, 3.05) is 0 Å². The summed E-state index contributed by atoms with van der Waals surface area (Å²) in [4.78, 5) is 0. The van der Waals surface area contributed by atoms with Crippen LogP contribution in [-0.4, -0.2) is 0 Å². The Morgan fingerprint density at radius 1 is 1.43 bits per heavy atom. The molecule has 1 fully saturated rings. The molecule has 2 aliphatic rings. The first-order valence-electron chi connectivity index (χ1n) is 2.87. The van der Waals surface area contributed by atoms with Crippen molar-refractivity contribution in [3.05, 3.63) is 18.6 Å². The van der Waals surface area contributed by atoms with Crippen LogP contribution in [-0.2, 0) is 0 Å². The van der Waals surface area contributed by atoms with Crippen LogP contribution in [0.5, 0.6) is 0 Å². The molecular formula is C7H8. The SMILES string of the molecule is [C]1CC2C=CC1C2. The third kappa shape index (κ3) is 0.425. The van der Waals surface area contributed by atoms with E-state index in [9.17, 15) is 0 Å². The van der Waals surface area contributed by atoms with Gasteiger partial charge >= 0.3 is 0 Å². The second-order valence-electron chi connectivity index (χ2n) is 2.40. The second kappa shape index (κ2) is 1.12. The highest BCUT2D eigenvalue weighted by molar-refractivity contribution is 5.13. The van der Waals surface area contributed by atoms with E-state index < -0.39 is 0 Å². The molecule has 0 saturated heterocycles. The zero-order valence-electron chi connectivity index (χ0n) is 4.22. The molecule has 0 nitrogen and oxygen atoms in total. The standard InChI is InChI=1S/C7H8/c1-2-7-4-3-6(1)5-7/h1-2,6-7H,3,5H2. The first kappa shape index (κ1) is 3.71. The molecule has 0 amide bonds. The normalized spacial score (nSPS) is 45.7. The van der Waals surface area contributed by atoms with Gasteiger partial charge in [0, 0.05) is 0 Å². The molecule has 2 radical (unpaired) electrons. The molecule has 1 saturated carbocycles. The van der Waals surface area contributed by atoms with Gasteiger partial charge in [0.15, 0.2) is 0 Å². The van der Waals surface area contributed by atoms with Crippen LogP contribution in [0.2, 0.25) is 0 Å². The fraction of sp³-hybridized carbons (Fsp3) is 0.571. The molecule has 7 heavy (non-hydrogen) atoms. The fourth-order valence-electron chi connectivity index (χ4n) is 1.38. The van der Waals surface area contributed by atoms with Crippen LogP contribution in [0.25, 0.3) is 0 Å². The third-order valence-corrected chi connectivity index (χ3v) is 1.81. The van der Waals surface area contributed by atoms with E-state index in [-0.39, 0.29) is 0 Å². The van der Waals surface area contributed by atoms with Gasteiger partial charge in [-0.05, 0) is 31.1 Å². The van der Waals surface area contributed by atoms with Gasteiger partial charge in [-0.3, -0.25) is 0 Å². The molecule has 2 rings (SSSR count). The highest BCUT2D eigenvalue weighted by atomic mass is 14.3. The average molecular weight is 92.1 g/mol. The van der Waals surface area contributed by atoms with Gasteiger partial charge in [0.1, 0.15) is 0 Å². The zero-order chi connectivity index (χ0) is 4.69. The summed E-state index contributed by atoms with van der Waals surface area (Å²) in [6, 6.07) is 0. The first-order valence-corrected chi connectivity index (χ1v) is 2.87. The van der Waals surface area contributed by atoms with Crippen LogP contribution in [0.1, 0.15) is 12.8 Å². The van der Waals surface area contributed by atoms with Crippen LogP contribution >= 0.6 is 0 Å². The lowest BCUT2D eigenvalue weighted by molar-refractivity contribution is 0.693. The van der Waals surface area contributed by atoms with Crippen molar-refractivity contribution in [2.24, 2.45) is 11.8 Å². The Hall–Kier alpha value is -0.260. The molecule has 0 aromatic heterocycles. The van der Waals surface area contributed by atoms with Crippen molar-refractivity contribution >= 4 is 0 Å². The summed E-state index contributed by atoms with van der Waals surface area (Å²) in [6.45, 7) is 0. The third-order valence-electron chi connectivity index (χ3n) is 1.81. The summed E-state index contributed by atoms with van der Waals surface area (Å²) >= 11 is 0. The predicted molar refractivity (Wildman–Crippen MR) is 28.6 cm³/mol. The molecule has 36 valence electrons. The minimum Gasteiger partial charge on any atom is -0.0851 e. The summed E-state index contributed by atoms with van der Waals surface area (Å²) in [6.07, 6.45) is 10.5. The Morgan fingerprint density at radius 3 is 2.57 bits per heavy atom. The van der Waals surface area contributed by atoms with Crippen molar-refractivity contribution < 1.29 is 0 Å². The van der Waals surface area contributed by atoms with Crippen LogP contribution < -0.4 is 0 Å². The summed E-state index contributed by atoms with van der Waals surface area (Å²) < 4.78 is 0. The molecular weight excluding hydrogens is 84.1 g/mol. The molecule has 2 bridgehead atoms. The molecule has 0 aromatic rings. The van der Waals surface area contributed by atoms with E-state index in [0.717, 1.165) is 11.8 Å². The number of rotatable bonds is 0. The van der Waals surface area contributed by atoms with E-state index in [4.69, 9.17) is 0 Å². The Kier molecular flexibility index (Phi) is 0.592. The van der Waals surface area contributed by atoms with Gasteiger partial charge in [-0.1, -0.05) is 12.2 Å². The van der Waals surface area contributed by atoms with E-state index >= 15 is 0 Å². The molecule has 0 spiro atoms. The Bertz CT molecular complexity index is 90.6. The Labute approximate surface area is 44.2 Å². The fourth-order valence-corrected chi connectivity index (χ4v) is 1.38. The van der Waals surface area contributed by atoms with Gasteiger partial charge in [-0.2, -0.15) is 0 Å². The van der Waals surface area contributed by atoms with Gasteiger partial charge in [0.05, 0.1) is 0 Å². The first-order chi connectivity index (χ1) is 3.45. The van der Waals surface area contributed by atoms with Crippen molar-refractivity contribution in [2.45, 2.75) is 12.8 Å². The second-order valence-corrected chi connectivity index (χ2v) is 2.40. The topological polar surface area (TPSA) is 0 Å². The van der Waals surface area contributed by atoms with Crippen molar-refractivity contribution in [1.29, 1.82) is 0 Å². The number of fused-ring (bicyclic) bond motifs is 2. The minimum atomic E-state index is 0.741. The monoisotopic (exact) mass is 92.1 g/mol. The molecule has 0 heterocycles. The largest absolute Gasteiger partial charge is 0.0851 e. The molecule has 0 aliphatic heterocycles. The maximum atomic E-state index is 3.37. The summed E-state index contributed by atoms with van der Waals surface area (Å²) in [5.74, 6) is 1.62. The molecule has 0 aromatic carbocycles. The lowest BCUT2D eigenvalue weighted by atomic mass is 10.1. The summed E-state index contributed by atoms with van der Waals surface area (Å²) in [5, 5.41) is 0. The predicted octanol–water partition coefficient (Wildman–Crippen LogP) is 1.66. The van der Waals surface area contributed by atoms with E-state index in [0.29, 0.717) is 0 Å². The maximum Gasteiger partial charge on any atom is -0.00927 e. The summed E-state index contributed by atoms with van der Waals surface area (Å²) in [5.41, 5.74) is 0. The molecule has 2 atom stereocenters. The number of allylic oxidation sites excluding steroid dienone is 2. The Balaban J connectivity index is 2.27. The number of hydrogen-bond donors (Lipinski definition) is 0. The van der Waals surface area contributed by atoms with E-state index in [2.05, 4.69) is 18.6 Å². The molecule has 2 aliphatic carbocycles. The average Bonchev–Trinajstić information content (AvgIpc) is 2.22. The molecule has 2 unspecified atom stereocenters. The van der Waals surface area contributed by atoms with Gasteiger partial charge in [-0.15, -0.1) is 0 Å². The van der Waals surface area contributed by atoms with E-state index in [1.165, 1.54) is 12.8 Å². The Morgan fingerprint density at radius 2 is 2.43 bits per heavy atom. The quantitative estimate of drug-likeness (QED) is 0.399. The highest BCUT2D eigenvalue weighted by Crippen LogP contribution is 2.37. The van der Waals surface area contributed by atoms with Crippen LogP contribution in [0, 0.1) is 18.3 Å². The van der Waals surface area contributed by atoms with E-state index in [1.807, 2.05) is 0 Å². The minimum absolute atomic E-state index is 0.741. The van der Waals surface area contributed by atoms with Gasteiger partial charge in [0.25, 0.3) is 0 Å². The van der Waals surface area contributed by atoms with Crippen molar-refractivity contribution in [1.82, 2.24) is 0 Å². The lowest BCUT2D eigenvalue weighted by Crippen LogP contribution is -1.83. The van der Waals surface area contributed by atoms with Gasteiger partial charge in [-0.25, -0.2) is 0 Å². The van der Waals surface area contributed by atoms with Crippen LogP contribution in [0.15, 0.2) is 12.2 Å². The lowest BCUT2D eigenvalue weighted by Gasteiger charge is -1.95. The maximum absolute atomic E-state index is 3.37. The zero-order valence-corrected chi connectivity index (χ0v) is 4.22. The van der Waals surface area contributed by atoms with Crippen molar-refractivity contribution in [3.8, 4) is 0 Å². The number of hydrogen-bond acceptors (Lipinski definition) is 0.